The van der Waals surface area contributed by atoms with Crippen LogP contribution in [-0.2, 0) is 29.8 Å². The van der Waals surface area contributed by atoms with Gasteiger partial charge in [-0.2, -0.15) is 52.5 Å². The summed E-state index contributed by atoms with van der Waals surface area (Å²) in [5.74, 6) is -3.49. The second kappa shape index (κ2) is 23.3. The zero-order valence-electron chi connectivity index (χ0n) is 35.8. The fraction of sp³-hybridized carbons (Fsp3) is 0.0732. The number of hydrazone groups is 1. The number of hydrogen-bond donors (Lipinski definition) is 5. The Bertz CT molecular complexity index is 3230. The van der Waals surface area contributed by atoms with Gasteiger partial charge in [0, 0.05) is 111 Å². The number of anilines is 2. The number of carbonyl (C=O) groups is 3. The van der Waals surface area contributed by atoms with Crippen molar-refractivity contribution in [2.24, 2.45) is 35.8 Å². The molecule has 7 rings (SSSR count). The summed E-state index contributed by atoms with van der Waals surface area (Å²) in [7, 11) is -9.49. The Labute approximate surface area is 447 Å². The van der Waals surface area contributed by atoms with Crippen LogP contribution in [0.2, 0.25) is 0 Å². The maximum atomic E-state index is 13.7. The van der Waals surface area contributed by atoms with Crippen molar-refractivity contribution in [1.82, 2.24) is 0 Å². The number of nitrogens with one attached hydrogen (secondary N) is 1. The van der Waals surface area contributed by atoms with Gasteiger partial charge in [0.15, 0.2) is 11.5 Å². The van der Waals surface area contributed by atoms with Gasteiger partial charge in [0.2, 0.25) is 6.04 Å². The molecule has 5 N–H and O–H groups in total. The third-order valence-corrected chi connectivity index (χ3v) is 10.7. The number of azo groups is 3. The van der Waals surface area contributed by atoms with E-state index in [1.807, 2.05) is 0 Å². The maximum Gasteiger partial charge on any atom is 0.355 e. The number of aromatic hydroxyl groups is 1. The molecule has 1 aliphatic heterocycles. The molecule has 0 aromatic heterocycles. The number of benzene rings is 6. The van der Waals surface area contributed by atoms with Crippen LogP contribution in [0.15, 0.2) is 167 Å². The van der Waals surface area contributed by atoms with Crippen molar-refractivity contribution in [1.29, 1.82) is 0 Å². The van der Waals surface area contributed by atoms with Crippen LogP contribution in [-0.4, -0.2) is 161 Å². The number of carboxylic acid groups (broad SMARTS) is 1. The first-order valence-electron chi connectivity index (χ1n) is 18.5. The summed E-state index contributed by atoms with van der Waals surface area (Å²) in [6.45, 7) is 1.83. The first kappa shape index (κ1) is 54.5. The van der Waals surface area contributed by atoms with Crippen molar-refractivity contribution in [3.63, 3.8) is 0 Å². The topological polar surface area (TPSA) is 311 Å². The number of amides is 2. The van der Waals surface area contributed by atoms with E-state index in [0.717, 1.165) is 17.1 Å². The van der Waals surface area contributed by atoms with Gasteiger partial charge in [-0.1, -0.05) is 30.3 Å². The number of carboxylic acids is 1. The molecule has 1 heterocycles. The number of phenols is 1. The Morgan fingerprint density at radius 3 is 2.06 bits per heavy atom. The van der Waals surface area contributed by atoms with E-state index in [9.17, 15) is 50.5 Å². The molecule has 0 fully saturated rings. The number of phenolic OH excluding ortho intramolecular Hbond substituents is 1. The largest absolute Gasteiger partial charge is 0.505 e. The minimum absolute atomic E-state index is 0. The molecule has 1 unspecified atom stereocenters. The number of rotatable bonds is 14. The Morgan fingerprint density at radius 1 is 0.746 bits per heavy atom. The monoisotopic (exact) mass is 974 g/mol. The number of hydrogen-bond acceptors (Lipinski definition) is 16. The van der Waals surface area contributed by atoms with Crippen molar-refractivity contribution in [3.8, 4) is 11.5 Å². The zero-order chi connectivity index (χ0) is 45.8. The molecule has 327 valence electrons. The third kappa shape index (κ3) is 13.1. The van der Waals surface area contributed by atoms with Crippen LogP contribution in [0.5, 0.6) is 11.5 Å². The van der Waals surface area contributed by atoms with E-state index >= 15 is 0 Å². The summed E-state index contributed by atoms with van der Waals surface area (Å²) >= 11 is 0. The van der Waals surface area contributed by atoms with Gasteiger partial charge >= 0.3 is 5.97 Å². The van der Waals surface area contributed by atoms with Crippen molar-refractivity contribution in [3.05, 3.63) is 127 Å². The first-order valence-corrected chi connectivity index (χ1v) is 21.4. The molecule has 0 bridgehead atoms. The molecule has 6 aromatic rings. The average Bonchev–Trinajstić information content (AvgIpc) is 3.60. The Balaban J connectivity index is 0.00000327. The second-order valence-corrected chi connectivity index (χ2v) is 16.2. The summed E-state index contributed by atoms with van der Waals surface area (Å²) in [5, 5.41) is 52.8. The van der Waals surface area contributed by atoms with E-state index in [2.05, 4.69) is 41.1 Å². The van der Waals surface area contributed by atoms with Gasteiger partial charge in [0.25, 0.3) is 32.1 Å². The number of carbonyl (C=O) groups excluding carboxylic acids is 2. The average molecular weight is 975 g/mol. The van der Waals surface area contributed by atoms with E-state index in [1.54, 1.807) is 37.3 Å². The second-order valence-electron chi connectivity index (χ2n) is 13.3. The molecule has 1 aliphatic rings. The van der Waals surface area contributed by atoms with Gasteiger partial charge in [-0.3, -0.25) is 18.7 Å². The number of nitrogens with zero attached hydrogens (tertiary/aromatic N) is 8. The Morgan fingerprint density at radius 2 is 1.40 bits per heavy atom. The van der Waals surface area contributed by atoms with E-state index < -0.39 is 66.1 Å². The standard InChI is InChI=1S/C41H31N9O12S2.3Na/c1-2-62-33-22-28(44-43-27-11-7-13-30(21-27)63(56,57)58)15-17-32(33)46-48-36-37(41(54)55)49-50(40(36)53)29-12-6-10-26(20-29)45-47-35-34(64(59,60)61)19-24-18-25(14-16-31(24)38(35)51)42-39(52)23-8-4-3-5-9-23;;;/h3-22,36,51H,2H2,1H3,(H,42,52)(H,54,55)(H,56,57,58)(H,59,60,61);;;. The number of fused-ring (bicyclic) bond motifs is 1. The van der Waals surface area contributed by atoms with Gasteiger partial charge < -0.3 is 20.3 Å². The zero-order valence-corrected chi connectivity index (χ0v) is 43.4. The van der Waals surface area contributed by atoms with Gasteiger partial charge in [0.1, 0.15) is 22.0 Å². The van der Waals surface area contributed by atoms with Crippen LogP contribution in [0.4, 0.5) is 39.8 Å². The summed E-state index contributed by atoms with van der Waals surface area (Å²) in [6.07, 6.45) is 0. The Hall–Kier alpha value is -5.12. The normalized spacial score (nSPS) is 13.8. The predicted octanol–water partition coefficient (Wildman–Crippen LogP) is 7.32. The third-order valence-electron chi connectivity index (χ3n) is 9.01. The molecule has 3 radical (unpaired) electrons. The predicted molar refractivity (Wildman–Crippen MR) is 247 cm³/mol. The van der Waals surface area contributed by atoms with Crippen LogP contribution >= 0.6 is 0 Å². The smallest absolute Gasteiger partial charge is 0.355 e. The van der Waals surface area contributed by atoms with Crippen LogP contribution in [0, 0.1) is 0 Å². The van der Waals surface area contributed by atoms with Crippen LogP contribution in [0.25, 0.3) is 10.8 Å². The molecule has 26 heteroatoms. The van der Waals surface area contributed by atoms with E-state index in [1.165, 1.54) is 78.9 Å². The van der Waals surface area contributed by atoms with Crippen LogP contribution < -0.4 is 15.1 Å². The van der Waals surface area contributed by atoms with Crippen molar-refractivity contribution in [2.45, 2.75) is 22.8 Å². The minimum atomic E-state index is -5.02. The molecule has 0 spiro atoms. The van der Waals surface area contributed by atoms with E-state index in [0.29, 0.717) is 5.56 Å². The Kier molecular flexibility index (Phi) is 18.9. The van der Waals surface area contributed by atoms with Crippen LogP contribution in [0.3, 0.4) is 0 Å². The molecular formula is C41H31N9Na3O12S2. The molecule has 67 heavy (non-hydrogen) atoms. The molecular weight excluding hydrogens is 944 g/mol. The van der Waals surface area contributed by atoms with Gasteiger partial charge in [-0.15, -0.1) is 5.11 Å². The molecule has 0 saturated carbocycles. The fourth-order valence-electron chi connectivity index (χ4n) is 6.06. The summed E-state index contributed by atoms with van der Waals surface area (Å²) in [4.78, 5) is 37.4. The van der Waals surface area contributed by atoms with Gasteiger partial charge in [0.05, 0.1) is 34.3 Å². The SMILES string of the molecule is CCOc1cc(N=Nc2cccc(S(=O)(=O)O)c2)ccc1N=NC1C(=O)N(c2cccc(N=Nc3c(S(=O)(=O)O)cc4cc(NC(=O)c5ccccc5)ccc4c3O)c2)N=C1C(=O)O.[Na].[Na].[Na]. The van der Waals surface area contributed by atoms with Crippen molar-refractivity contribution < 1.29 is 55.3 Å². The quantitative estimate of drug-likeness (QED) is 0.0407. The summed E-state index contributed by atoms with van der Waals surface area (Å²) < 4.78 is 73.1. The molecule has 1 atom stereocenters. The van der Waals surface area contributed by atoms with Crippen molar-refractivity contribution >= 4 is 183 Å². The summed E-state index contributed by atoms with van der Waals surface area (Å²) in [6, 6.07) is 26.8. The van der Waals surface area contributed by atoms with Crippen LogP contribution in [0.1, 0.15) is 17.3 Å². The van der Waals surface area contributed by atoms with E-state index in [4.69, 9.17) is 4.74 Å². The van der Waals surface area contributed by atoms with Gasteiger partial charge in [-0.25, -0.2) is 4.79 Å². The van der Waals surface area contributed by atoms with Crippen molar-refractivity contribution in [2.75, 3.05) is 16.9 Å². The molecule has 2 amide bonds. The van der Waals surface area contributed by atoms with Gasteiger partial charge in [-0.05, 0) is 97.2 Å². The first-order chi connectivity index (χ1) is 30.5. The fourth-order valence-corrected chi connectivity index (χ4v) is 7.24. The molecule has 0 aliphatic carbocycles. The molecule has 6 aromatic carbocycles. The number of aliphatic carboxylic acids is 1. The minimum Gasteiger partial charge on any atom is -0.505 e. The number of ether oxygens (including phenoxy) is 1. The molecule has 21 nitrogen and oxygen atoms in total. The summed E-state index contributed by atoms with van der Waals surface area (Å²) in [5.41, 5.74) is -0.283. The van der Waals surface area contributed by atoms with E-state index in [-0.39, 0.29) is 151 Å². The maximum absolute atomic E-state index is 13.7. The molecule has 0 saturated heterocycles.